The first-order chi connectivity index (χ1) is 11.4. The third kappa shape index (κ3) is 5.60. The lowest BCUT2D eigenvalue weighted by Gasteiger charge is -2.30. The Hall–Kier alpha value is -1.40. The number of carbonyl (C=O) groups excluding carboxylic acids is 1. The van der Waals surface area contributed by atoms with Gasteiger partial charge in [0.2, 0.25) is 15.9 Å². The molecule has 0 spiro atoms. The van der Waals surface area contributed by atoms with Gasteiger partial charge in [-0.25, -0.2) is 8.42 Å². The molecule has 0 saturated heterocycles. The zero-order chi connectivity index (χ0) is 17.6. The second-order valence-corrected chi connectivity index (χ2v) is 8.62. The van der Waals surface area contributed by atoms with Crippen LogP contribution in [0, 0.1) is 0 Å². The SMILES string of the molecule is CN(Cc1ccccc1)C(=O)CN(C1CCCCCC1)S(C)(=O)=O. The quantitative estimate of drug-likeness (QED) is 0.740. The van der Waals surface area contributed by atoms with Crippen LogP contribution in [-0.4, -0.2) is 49.4 Å². The van der Waals surface area contributed by atoms with Gasteiger partial charge in [0.05, 0.1) is 12.8 Å². The summed E-state index contributed by atoms with van der Waals surface area (Å²) >= 11 is 0. The van der Waals surface area contributed by atoms with Gasteiger partial charge in [-0.15, -0.1) is 0 Å². The molecule has 1 aliphatic rings. The monoisotopic (exact) mass is 352 g/mol. The summed E-state index contributed by atoms with van der Waals surface area (Å²) in [6, 6.07) is 9.68. The van der Waals surface area contributed by atoms with Crippen LogP contribution in [0.5, 0.6) is 0 Å². The molecular formula is C18H28N2O3S. The first-order valence-corrected chi connectivity index (χ1v) is 10.5. The van der Waals surface area contributed by atoms with Crippen molar-refractivity contribution in [1.82, 2.24) is 9.21 Å². The number of rotatable bonds is 6. The van der Waals surface area contributed by atoms with Gasteiger partial charge in [0.15, 0.2) is 0 Å². The molecule has 1 saturated carbocycles. The molecule has 1 amide bonds. The fourth-order valence-electron chi connectivity index (χ4n) is 3.26. The highest BCUT2D eigenvalue weighted by Gasteiger charge is 2.30. The van der Waals surface area contributed by atoms with Gasteiger partial charge in [-0.1, -0.05) is 56.0 Å². The second kappa shape index (κ2) is 8.62. The molecule has 2 rings (SSSR count). The zero-order valence-corrected chi connectivity index (χ0v) is 15.5. The summed E-state index contributed by atoms with van der Waals surface area (Å²) in [7, 11) is -1.67. The minimum absolute atomic E-state index is 0.0448. The molecule has 1 aliphatic carbocycles. The molecule has 5 nitrogen and oxygen atoms in total. The van der Waals surface area contributed by atoms with E-state index in [0.29, 0.717) is 6.54 Å². The highest BCUT2D eigenvalue weighted by Crippen LogP contribution is 2.23. The Kier molecular flexibility index (Phi) is 6.80. The molecule has 0 unspecified atom stereocenters. The number of amides is 1. The van der Waals surface area contributed by atoms with Crippen LogP contribution in [0.15, 0.2) is 30.3 Å². The van der Waals surface area contributed by atoms with Crippen molar-refractivity contribution in [2.75, 3.05) is 19.8 Å². The summed E-state index contributed by atoms with van der Waals surface area (Å²) in [5, 5.41) is 0. The van der Waals surface area contributed by atoms with Gasteiger partial charge in [-0.05, 0) is 18.4 Å². The maximum Gasteiger partial charge on any atom is 0.237 e. The minimum Gasteiger partial charge on any atom is -0.340 e. The largest absolute Gasteiger partial charge is 0.340 e. The van der Waals surface area contributed by atoms with E-state index in [1.165, 1.54) is 10.6 Å². The fraction of sp³-hybridized carbons (Fsp3) is 0.611. The number of benzene rings is 1. The van der Waals surface area contributed by atoms with Crippen molar-refractivity contribution >= 4 is 15.9 Å². The normalized spacial score (nSPS) is 16.8. The van der Waals surface area contributed by atoms with Crippen LogP contribution in [0.3, 0.4) is 0 Å². The minimum atomic E-state index is -3.40. The van der Waals surface area contributed by atoms with Gasteiger partial charge in [0, 0.05) is 19.6 Å². The number of nitrogens with zero attached hydrogens (tertiary/aromatic N) is 2. The highest BCUT2D eigenvalue weighted by molar-refractivity contribution is 7.88. The van der Waals surface area contributed by atoms with E-state index in [1.54, 1.807) is 11.9 Å². The van der Waals surface area contributed by atoms with E-state index in [2.05, 4.69) is 0 Å². The molecule has 6 heteroatoms. The summed E-state index contributed by atoms with van der Waals surface area (Å²) in [5.74, 6) is -0.159. The third-order valence-electron chi connectivity index (χ3n) is 4.64. The molecule has 0 aliphatic heterocycles. The van der Waals surface area contributed by atoms with Gasteiger partial charge in [-0.2, -0.15) is 4.31 Å². The maximum atomic E-state index is 12.6. The number of hydrogen-bond acceptors (Lipinski definition) is 3. The first kappa shape index (κ1) is 18.9. The fourth-order valence-corrected chi connectivity index (χ4v) is 4.36. The van der Waals surface area contributed by atoms with Gasteiger partial charge >= 0.3 is 0 Å². The molecule has 24 heavy (non-hydrogen) atoms. The van der Waals surface area contributed by atoms with Crippen LogP contribution in [0.4, 0.5) is 0 Å². The Labute approximate surface area is 145 Å². The number of hydrogen-bond donors (Lipinski definition) is 0. The van der Waals surface area contributed by atoms with Crippen molar-refractivity contribution in [3.63, 3.8) is 0 Å². The molecule has 0 aromatic heterocycles. The number of carbonyl (C=O) groups is 1. The first-order valence-electron chi connectivity index (χ1n) is 8.62. The average molecular weight is 353 g/mol. The van der Waals surface area contributed by atoms with Crippen LogP contribution in [0.25, 0.3) is 0 Å². The van der Waals surface area contributed by atoms with E-state index in [1.807, 2.05) is 30.3 Å². The summed E-state index contributed by atoms with van der Waals surface area (Å²) in [5.41, 5.74) is 1.04. The summed E-state index contributed by atoms with van der Waals surface area (Å²) in [6.45, 7) is 0.425. The smallest absolute Gasteiger partial charge is 0.237 e. The van der Waals surface area contributed by atoms with E-state index in [0.717, 1.165) is 44.1 Å². The lowest BCUT2D eigenvalue weighted by Crippen LogP contribution is -2.46. The lowest BCUT2D eigenvalue weighted by molar-refractivity contribution is -0.131. The molecule has 1 aromatic rings. The van der Waals surface area contributed by atoms with Gasteiger partial charge < -0.3 is 4.90 Å². The standard InChI is InChI=1S/C18H28N2O3S/c1-19(14-16-10-6-5-7-11-16)18(21)15-20(24(2,22)23)17-12-8-3-4-9-13-17/h5-7,10-11,17H,3-4,8-9,12-15H2,1-2H3. The van der Waals surface area contributed by atoms with Crippen molar-refractivity contribution in [3.8, 4) is 0 Å². The Morgan fingerprint density at radius 1 is 1.08 bits per heavy atom. The maximum absolute atomic E-state index is 12.6. The molecule has 0 heterocycles. The predicted molar refractivity (Wildman–Crippen MR) is 96.0 cm³/mol. The van der Waals surface area contributed by atoms with E-state index >= 15 is 0 Å². The van der Waals surface area contributed by atoms with Crippen molar-refractivity contribution < 1.29 is 13.2 Å². The molecule has 0 N–H and O–H groups in total. The van der Waals surface area contributed by atoms with E-state index in [-0.39, 0.29) is 18.5 Å². The summed E-state index contributed by atoms with van der Waals surface area (Å²) in [6.07, 6.45) is 7.27. The predicted octanol–water partition coefficient (Wildman–Crippen LogP) is 2.63. The molecule has 0 radical (unpaired) electrons. The molecular weight excluding hydrogens is 324 g/mol. The van der Waals surface area contributed by atoms with Crippen LogP contribution in [0.2, 0.25) is 0 Å². The topological polar surface area (TPSA) is 57.7 Å². The van der Waals surface area contributed by atoms with Gasteiger partial charge in [-0.3, -0.25) is 4.79 Å². The Morgan fingerprint density at radius 3 is 2.21 bits per heavy atom. The van der Waals surface area contributed by atoms with Crippen molar-refractivity contribution in [2.45, 2.75) is 51.1 Å². The second-order valence-electron chi connectivity index (χ2n) is 6.69. The lowest BCUT2D eigenvalue weighted by atomic mass is 10.1. The zero-order valence-electron chi connectivity index (χ0n) is 14.6. The van der Waals surface area contributed by atoms with Crippen LogP contribution >= 0.6 is 0 Å². The van der Waals surface area contributed by atoms with E-state index < -0.39 is 10.0 Å². The molecule has 134 valence electrons. The third-order valence-corrected chi connectivity index (χ3v) is 5.92. The Morgan fingerprint density at radius 2 is 1.67 bits per heavy atom. The molecule has 1 aromatic carbocycles. The molecule has 0 atom stereocenters. The van der Waals surface area contributed by atoms with E-state index in [4.69, 9.17) is 0 Å². The van der Waals surface area contributed by atoms with Crippen LogP contribution in [0.1, 0.15) is 44.1 Å². The molecule has 1 fully saturated rings. The van der Waals surface area contributed by atoms with Gasteiger partial charge in [0.25, 0.3) is 0 Å². The Balaban J connectivity index is 2.03. The van der Waals surface area contributed by atoms with Crippen molar-refractivity contribution in [3.05, 3.63) is 35.9 Å². The highest BCUT2D eigenvalue weighted by atomic mass is 32.2. The average Bonchev–Trinajstić information content (AvgIpc) is 2.81. The van der Waals surface area contributed by atoms with Crippen molar-refractivity contribution in [2.24, 2.45) is 0 Å². The number of likely N-dealkylation sites (N-methyl/N-ethyl adjacent to an activating group) is 1. The summed E-state index contributed by atoms with van der Waals surface area (Å²) < 4.78 is 25.8. The van der Waals surface area contributed by atoms with Crippen LogP contribution in [-0.2, 0) is 21.4 Å². The Bertz CT molecular complexity index is 623. The number of sulfonamides is 1. The van der Waals surface area contributed by atoms with E-state index in [9.17, 15) is 13.2 Å². The van der Waals surface area contributed by atoms with Crippen molar-refractivity contribution in [1.29, 1.82) is 0 Å². The van der Waals surface area contributed by atoms with Crippen LogP contribution < -0.4 is 0 Å². The summed E-state index contributed by atoms with van der Waals surface area (Å²) in [4.78, 5) is 14.2. The van der Waals surface area contributed by atoms with Gasteiger partial charge in [0.1, 0.15) is 0 Å². The molecule has 0 bridgehead atoms.